The van der Waals surface area contributed by atoms with Gasteiger partial charge in [-0.1, -0.05) is 19.1 Å². The summed E-state index contributed by atoms with van der Waals surface area (Å²) in [7, 11) is 0. The van der Waals surface area contributed by atoms with E-state index in [4.69, 9.17) is 4.74 Å². The second-order valence-electron chi connectivity index (χ2n) is 3.24. The van der Waals surface area contributed by atoms with Crippen molar-refractivity contribution in [1.29, 1.82) is 0 Å². The molecule has 0 amide bonds. The minimum atomic E-state index is 0.770. The molecule has 0 saturated carbocycles. The molecule has 2 aromatic rings. The van der Waals surface area contributed by atoms with E-state index >= 15 is 0 Å². The molecule has 1 aromatic carbocycles. The zero-order chi connectivity index (χ0) is 10.5. The van der Waals surface area contributed by atoms with Gasteiger partial charge < -0.3 is 4.74 Å². The van der Waals surface area contributed by atoms with Crippen molar-refractivity contribution in [1.82, 2.24) is 4.98 Å². The van der Waals surface area contributed by atoms with Gasteiger partial charge in [-0.15, -0.1) is 11.3 Å². The normalized spacial score (nSPS) is 10.2. The third-order valence-corrected chi connectivity index (χ3v) is 2.85. The fourth-order valence-electron chi connectivity index (χ4n) is 1.32. The van der Waals surface area contributed by atoms with Crippen molar-refractivity contribution in [3.05, 3.63) is 36.0 Å². The van der Waals surface area contributed by atoms with Gasteiger partial charge in [0.25, 0.3) is 0 Å². The average Bonchev–Trinajstić information content (AvgIpc) is 2.80. The number of ether oxygens (including phenoxy) is 1. The minimum absolute atomic E-state index is 0.770. The Hall–Kier alpha value is -1.35. The van der Waals surface area contributed by atoms with Crippen molar-refractivity contribution >= 4 is 11.3 Å². The fourth-order valence-corrected chi connectivity index (χ4v) is 1.94. The lowest BCUT2D eigenvalue weighted by Gasteiger charge is -2.05. The molecule has 3 heteroatoms. The van der Waals surface area contributed by atoms with Crippen LogP contribution in [0.4, 0.5) is 0 Å². The molecule has 0 spiro atoms. The first-order valence-corrected chi connectivity index (χ1v) is 5.90. The summed E-state index contributed by atoms with van der Waals surface area (Å²) in [5.41, 5.74) is 3.01. The van der Waals surface area contributed by atoms with Crippen LogP contribution < -0.4 is 4.74 Å². The summed E-state index contributed by atoms with van der Waals surface area (Å²) in [6, 6.07) is 8.13. The highest BCUT2D eigenvalue weighted by Gasteiger charge is 2.00. The van der Waals surface area contributed by atoms with E-state index in [0.29, 0.717) is 0 Å². The van der Waals surface area contributed by atoms with Crippen LogP contribution in [0.3, 0.4) is 0 Å². The lowest BCUT2D eigenvalue weighted by Crippen LogP contribution is -1.94. The van der Waals surface area contributed by atoms with Crippen LogP contribution in [-0.4, -0.2) is 11.6 Å². The van der Waals surface area contributed by atoms with Gasteiger partial charge in [-0.3, -0.25) is 4.98 Å². The van der Waals surface area contributed by atoms with Crippen molar-refractivity contribution in [2.45, 2.75) is 13.3 Å². The molecule has 0 unspecified atom stereocenters. The maximum Gasteiger partial charge on any atom is 0.119 e. The summed E-state index contributed by atoms with van der Waals surface area (Å²) in [5.74, 6) is 0.933. The van der Waals surface area contributed by atoms with Gasteiger partial charge in [0.15, 0.2) is 0 Å². The third kappa shape index (κ3) is 2.57. The predicted molar refractivity (Wildman–Crippen MR) is 63.3 cm³/mol. The van der Waals surface area contributed by atoms with Gasteiger partial charge in [0.2, 0.25) is 0 Å². The molecule has 0 fully saturated rings. The Kier molecular flexibility index (Phi) is 3.35. The van der Waals surface area contributed by atoms with Crippen LogP contribution >= 0.6 is 11.3 Å². The Morgan fingerprint density at radius 1 is 1.40 bits per heavy atom. The number of hydrogen-bond donors (Lipinski definition) is 0. The molecule has 0 N–H and O–H groups in total. The van der Waals surface area contributed by atoms with E-state index < -0.39 is 0 Å². The lowest BCUT2D eigenvalue weighted by atomic mass is 10.2. The monoisotopic (exact) mass is 219 g/mol. The van der Waals surface area contributed by atoms with Gasteiger partial charge in [-0.05, 0) is 24.1 Å². The number of thiazole rings is 1. The van der Waals surface area contributed by atoms with Crippen molar-refractivity contribution in [2.75, 3.05) is 6.61 Å². The summed E-state index contributed by atoms with van der Waals surface area (Å²) in [6.45, 7) is 2.87. The van der Waals surface area contributed by atoms with E-state index in [1.54, 1.807) is 11.3 Å². The molecule has 78 valence electrons. The average molecular weight is 219 g/mol. The standard InChI is InChI=1S/C12H13NOS/c1-2-6-14-11-5-3-4-10(7-11)12-8-13-9-15-12/h3-5,7-9H,2,6H2,1H3. The molecule has 1 heterocycles. The Morgan fingerprint density at radius 2 is 2.33 bits per heavy atom. The predicted octanol–water partition coefficient (Wildman–Crippen LogP) is 3.60. The van der Waals surface area contributed by atoms with Crippen LogP contribution in [0.15, 0.2) is 36.0 Å². The highest BCUT2D eigenvalue weighted by Crippen LogP contribution is 2.26. The minimum Gasteiger partial charge on any atom is -0.494 e. The van der Waals surface area contributed by atoms with Crippen LogP contribution in [0.5, 0.6) is 5.75 Å². The molecule has 0 atom stereocenters. The van der Waals surface area contributed by atoms with E-state index in [2.05, 4.69) is 24.0 Å². The molecule has 2 rings (SSSR count). The van der Waals surface area contributed by atoms with Gasteiger partial charge >= 0.3 is 0 Å². The van der Waals surface area contributed by atoms with E-state index in [0.717, 1.165) is 18.8 Å². The van der Waals surface area contributed by atoms with Crippen LogP contribution in [0, 0.1) is 0 Å². The molecule has 0 aliphatic carbocycles. The number of aromatic nitrogens is 1. The number of hydrogen-bond acceptors (Lipinski definition) is 3. The summed E-state index contributed by atoms with van der Waals surface area (Å²) in [4.78, 5) is 5.25. The highest BCUT2D eigenvalue weighted by molar-refractivity contribution is 7.13. The third-order valence-electron chi connectivity index (χ3n) is 2.02. The molecular weight excluding hydrogens is 206 g/mol. The Morgan fingerprint density at radius 3 is 3.07 bits per heavy atom. The highest BCUT2D eigenvalue weighted by atomic mass is 32.1. The molecule has 2 nitrogen and oxygen atoms in total. The molecule has 15 heavy (non-hydrogen) atoms. The Labute approximate surface area is 93.6 Å². The Bertz CT molecular complexity index is 411. The van der Waals surface area contributed by atoms with E-state index in [1.807, 2.05) is 23.8 Å². The first-order valence-electron chi connectivity index (χ1n) is 5.02. The molecular formula is C12H13NOS. The van der Waals surface area contributed by atoms with E-state index in [-0.39, 0.29) is 0 Å². The SMILES string of the molecule is CCCOc1cccc(-c2cncs2)c1. The number of rotatable bonds is 4. The first-order chi connectivity index (χ1) is 7.40. The van der Waals surface area contributed by atoms with Crippen molar-refractivity contribution in [3.63, 3.8) is 0 Å². The quantitative estimate of drug-likeness (QED) is 0.783. The smallest absolute Gasteiger partial charge is 0.119 e. The topological polar surface area (TPSA) is 22.1 Å². The van der Waals surface area contributed by atoms with E-state index in [9.17, 15) is 0 Å². The van der Waals surface area contributed by atoms with Crippen molar-refractivity contribution in [2.24, 2.45) is 0 Å². The first kappa shape index (κ1) is 10.2. The van der Waals surface area contributed by atoms with Crippen LogP contribution in [-0.2, 0) is 0 Å². The summed E-state index contributed by atoms with van der Waals surface area (Å²) in [5, 5.41) is 0. The van der Waals surface area contributed by atoms with Crippen LogP contribution in [0.1, 0.15) is 13.3 Å². The molecule has 1 aromatic heterocycles. The number of nitrogens with zero attached hydrogens (tertiary/aromatic N) is 1. The second-order valence-corrected chi connectivity index (χ2v) is 4.13. The van der Waals surface area contributed by atoms with Gasteiger partial charge in [0, 0.05) is 6.20 Å². The van der Waals surface area contributed by atoms with Gasteiger partial charge in [-0.2, -0.15) is 0 Å². The summed E-state index contributed by atoms with van der Waals surface area (Å²) in [6.07, 6.45) is 2.91. The zero-order valence-corrected chi connectivity index (χ0v) is 9.46. The zero-order valence-electron chi connectivity index (χ0n) is 8.64. The molecule has 0 saturated heterocycles. The van der Waals surface area contributed by atoms with Gasteiger partial charge in [0.05, 0.1) is 17.0 Å². The van der Waals surface area contributed by atoms with E-state index in [1.165, 1.54) is 10.4 Å². The molecule has 0 bridgehead atoms. The summed E-state index contributed by atoms with van der Waals surface area (Å²) < 4.78 is 5.58. The Balaban J connectivity index is 2.19. The maximum atomic E-state index is 5.58. The van der Waals surface area contributed by atoms with Crippen molar-refractivity contribution < 1.29 is 4.74 Å². The largest absolute Gasteiger partial charge is 0.494 e. The second kappa shape index (κ2) is 4.94. The lowest BCUT2D eigenvalue weighted by molar-refractivity contribution is 0.317. The van der Waals surface area contributed by atoms with Crippen LogP contribution in [0.25, 0.3) is 10.4 Å². The van der Waals surface area contributed by atoms with Gasteiger partial charge in [0.1, 0.15) is 5.75 Å². The maximum absolute atomic E-state index is 5.58. The van der Waals surface area contributed by atoms with Crippen molar-refractivity contribution in [3.8, 4) is 16.2 Å². The molecule has 0 aliphatic rings. The summed E-state index contributed by atoms with van der Waals surface area (Å²) >= 11 is 1.64. The molecule has 0 radical (unpaired) electrons. The fraction of sp³-hybridized carbons (Fsp3) is 0.250. The van der Waals surface area contributed by atoms with Crippen LogP contribution in [0.2, 0.25) is 0 Å². The number of benzene rings is 1. The molecule has 0 aliphatic heterocycles. The van der Waals surface area contributed by atoms with Gasteiger partial charge in [-0.25, -0.2) is 0 Å².